The van der Waals surface area contributed by atoms with Crippen molar-refractivity contribution < 1.29 is 9.53 Å². The first kappa shape index (κ1) is 17.7. The van der Waals surface area contributed by atoms with Gasteiger partial charge in [0.15, 0.2) is 0 Å². The van der Waals surface area contributed by atoms with Crippen LogP contribution in [0.1, 0.15) is 31.9 Å². The van der Waals surface area contributed by atoms with Gasteiger partial charge in [-0.3, -0.25) is 5.32 Å². The van der Waals surface area contributed by atoms with Gasteiger partial charge in [0.05, 0.1) is 16.4 Å². The van der Waals surface area contributed by atoms with Crippen LogP contribution in [0.25, 0.3) is 0 Å². The summed E-state index contributed by atoms with van der Waals surface area (Å²) in [6.45, 7) is 5.35. The van der Waals surface area contributed by atoms with Crippen molar-refractivity contribution in [3.05, 3.63) is 58.6 Å². The molecule has 5 heteroatoms. The van der Waals surface area contributed by atoms with Crippen molar-refractivity contribution in [1.29, 1.82) is 0 Å². The van der Waals surface area contributed by atoms with Gasteiger partial charge in [-0.15, -0.1) is 0 Å². The number of carbonyl (C=O) groups is 1. The Bertz CT molecular complexity index is 800. The molecular weight excluding hydrogens is 324 g/mol. The highest BCUT2D eigenvalue weighted by atomic mass is 35.5. The van der Waals surface area contributed by atoms with Crippen LogP contribution in [-0.2, 0) is 4.74 Å². The van der Waals surface area contributed by atoms with E-state index < -0.39 is 11.7 Å². The lowest BCUT2D eigenvalue weighted by molar-refractivity contribution is 0.0636. The topological polar surface area (TPSA) is 64.3 Å². The molecule has 0 saturated carbocycles. The third-order valence-corrected chi connectivity index (χ3v) is 3.20. The van der Waals surface area contributed by atoms with Crippen LogP contribution in [0.3, 0.4) is 0 Å². The molecule has 1 amide bonds. The van der Waals surface area contributed by atoms with E-state index >= 15 is 0 Å². The Morgan fingerprint density at radius 1 is 1.17 bits per heavy atom. The lowest BCUT2D eigenvalue weighted by Gasteiger charge is -2.20. The number of benzene rings is 2. The Morgan fingerprint density at radius 2 is 1.83 bits per heavy atom. The van der Waals surface area contributed by atoms with Crippen molar-refractivity contribution in [1.82, 2.24) is 0 Å². The van der Waals surface area contributed by atoms with Gasteiger partial charge in [0.1, 0.15) is 5.60 Å². The smallest absolute Gasteiger partial charge is 0.412 e. The van der Waals surface area contributed by atoms with Gasteiger partial charge in [-0.05, 0) is 45.0 Å². The summed E-state index contributed by atoms with van der Waals surface area (Å²) in [5, 5.41) is 2.99. The standard InChI is InChI=1S/C19H19ClN2O2/c1-19(2,3)24-18(23)22-17-12-15(20)14(11-16(17)21)10-9-13-7-5-4-6-8-13/h4-8,11-12H,21H2,1-3H3,(H,22,23). The molecular formula is C19H19ClN2O2. The molecule has 0 heterocycles. The third-order valence-electron chi connectivity index (χ3n) is 2.89. The molecule has 24 heavy (non-hydrogen) atoms. The van der Waals surface area contributed by atoms with Crippen LogP contribution in [0.5, 0.6) is 0 Å². The van der Waals surface area contributed by atoms with E-state index in [1.807, 2.05) is 30.3 Å². The number of nitrogen functional groups attached to an aromatic ring is 1. The Balaban J connectivity index is 2.20. The molecule has 0 saturated heterocycles. The van der Waals surface area contributed by atoms with Crippen LogP contribution in [0.4, 0.5) is 16.2 Å². The van der Waals surface area contributed by atoms with Gasteiger partial charge in [-0.25, -0.2) is 4.79 Å². The zero-order valence-electron chi connectivity index (χ0n) is 13.8. The number of anilines is 2. The number of nitrogens with one attached hydrogen (secondary N) is 1. The lowest BCUT2D eigenvalue weighted by Crippen LogP contribution is -2.27. The molecule has 0 radical (unpaired) electrons. The maximum Gasteiger partial charge on any atom is 0.412 e. The maximum atomic E-state index is 11.8. The van der Waals surface area contributed by atoms with E-state index in [2.05, 4.69) is 17.2 Å². The minimum absolute atomic E-state index is 0.364. The number of hydrogen-bond donors (Lipinski definition) is 2. The molecule has 0 fully saturated rings. The number of amides is 1. The lowest BCUT2D eigenvalue weighted by atomic mass is 10.1. The van der Waals surface area contributed by atoms with E-state index in [9.17, 15) is 4.79 Å². The molecule has 0 unspecified atom stereocenters. The Labute approximate surface area is 147 Å². The Kier molecular flexibility index (Phi) is 5.38. The van der Waals surface area contributed by atoms with E-state index in [0.29, 0.717) is 22.0 Å². The number of ether oxygens (including phenoxy) is 1. The summed E-state index contributed by atoms with van der Waals surface area (Å²) in [5.74, 6) is 6.00. The molecule has 0 spiro atoms. The minimum atomic E-state index is -0.594. The molecule has 0 aliphatic rings. The largest absolute Gasteiger partial charge is 0.444 e. The maximum absolute atomic E-state index is 11.8. The molecule has 2 rings (SSSR count). The van der Waals surface area contributed by atoms with Gasteiger partial charge in [-0.1, -0.05) is 41.6 Å². The molecule has 0 aliphatic carbocycles. The molecule has 0 aliphatic heterocycles. The SMILES string of the molecule is CC(C)(C)OC(=O)Nc1cc(Cl)c(C#Cc2ccccc2)cc1N. The Hall–Kier alpha value is -2.64. The van der Waals surface area contributed by atoms with Crippen molar-refractivity contribution in [2.24, 2.45) is 0 Å². The van der Waals surface area contributed by atoms with Crippen LogP contribution < -0.4 is 11.1 Å². The summed E-state index contributed by atoms with van der Waals surface area (Å²) < 4.78 is 5.20. The van der Waals surface area contributed by atoms with Crippen molar-refractivity contribution in [3.8, 4) is 11.8 Å². The van der Waals surface area contributed by atoms with Crippen molar-refractivity contribution in [2.75, 3.05) is 11.1 Å². The fourth-order valence-electron chi connectivity index (χ4n) is 1.87. The minimum Gasteiger partial charge on any atom is -0.444 e. The number of carbonyl (C=O) groups excluding carboxylic acids is 1. The van der Waals surface area contributed by atoms with E-state index in [4.69, 9.17) is 22.1 Å². The quantitative estimate of drug-likeness (QED) is 0.584. The summed E-state index contributed by atoms with van der Waals surface area (Å²) in [6.07, 6.45) is -0.589. The fraction of sp³-hybridized carbons (Fsp3) is 0.211. The molecule has 0 bridgehead atoms. The number of rotatable bonds is 1. The molecule has 2 aromatic carbocycles. The predicted molar refractivity (Wildman–Crippen MR) is 98.1 cm³/mol. The average Bonchev–Trinajstić information content (AvgIpc) is 2.48. The summed E-state index contributed by atoms with van der Waals surface area (Å²) in [6, 6.07) is 12.8. The first-order valence-corrected chi connectivity index (χ1v) is 7.78. The second kappa shape index (κ2) is 7.29. The van der Waals surface area contributed by atoms with Gasteiger partial charge in [0, 0.05) is 11.1 Å². The number of halogens is 1. The molecule has 2 aromatic rings. The van der Waals surface area contributed by atoms with E-state index in [0.717, 1.165) is 5.56 Å². The molecule has 4 nitrogen and oxygen atoms in total. The molecule has 0 atom stereocenters. The Morgan fingerprint density at radius 3 is 2.46 bits per heavy atom. The summed E-state index contributed by atoms with van der Waals surface area (Å²) in [4.78, 5) is 11.8. The number of hydrogen-bond acceptors (Lipinski definition) is 3. The summed E-state index contributed by atoms with van der Waals surface area (Å²) in [5.41, 5.74) is 7.60. The van der Waals surface area contributed by atoms with Gasteiger partial charge in [-0.2, -0.15) is 0 Å². The van der Waals surface area contributed by atoms with Gasteiger partial charge in [0.25, 0.3) is 0 Å². The molecule has 0 aromatic heterocycles. The first-order chi connectivity index (χ1) is 11.2. The van der Waals surface area contributed by atoms with Gasteiger partial charge < -0.3 is 10.5 Å². The van der Waals surface area contributed by atoms with Crippen molar-refractivity contribution in [3.63, 3.8) is 0 Å². The fourth-order valence-corrected chi connectivity index (χ4v) is 2.08. The van der Waals surface area contributed by atoms with Crippen LogP contribution in [0, 0.1) is 11.8 Å². The van der Waals surface area contributed by atoms with E-state index in [1.54, 1.807) is 32.9 Å². The summed E-state index contributed by atoms with van der Waals surface area (Å²) >= 11 is 6.23. The van der Waals surface area contributed by atoms with Crippen LogP contribution in [0.15, 0.2) is 42.5 Å². The first-order valence-electron chi connectivity index (χ1n) is 7.41. The van der Waals surface area contributed by atoms with E-state index in [1.165, 1.54) is 0 Å². The molecule has 124 valence electrons. The highest BCUT2D eigenvalue weighted by molar-refractivity contribution is 6.32. The summed E-state index contributed by atoms with van der Waals surface area (Å²) in [7, 11) is 0. The monoisotopic (exact) mass is 342 g/mol. The van der Waals surface area contributed by atoms with Crippen LogP contribution in [-0.4, -0.2) is 11.7 Å². The van der Waals surface area contributed by atoms with Crippen molar-refractivity contribution in [2.45, 2.75) is 26.4 Å². The third kappa shape index (κ3) is 5.22. The molecule has 3 N–H and O–H groups in total. The van der Waals surface area contributed by atoms with Crippen LogP contribution in [0.2, 0.25) is 5.02 Å². The van der Waals surface area contributed by atoms with Crippen molar-refractivity contribution >= 4 is 29.1 Å². The highest BCUT2D eigenvalue weighted by Crippen LogP contribution is 2.27. The second-order valence-electron chi connectivity index (χ2n) is 6.16. The zero-order chi connectivity index (χ0) is 17.7. The normalized spacial score (nSPS) is 10.5. The second-order valence-corrected chi connectivity index (χ2v) is 6.57. The van der Waals surface area contributed by atoms with Gasteiger partial charge in [0.2, 0.25) is 0 Å². The van der Waals surface area contributed by atoms with Crippen LogP contribution >= 0.6 is 11.6 Å². The predicted octanol–water partition coefficient (Wildman–Crippen LogP) is 4.67. The average molecular weight is 343 g/mol. The van der Waals surface area contributed by atoms with Gasteiger partial charge >= 0.3 is 6.09 Å². The zero-order valence-corrected chi connectivity index (χ0v) is 14.6. The number of nitrogens with two attached hydrogens (primary N) is 1. The van der Waals surface area contributed by atoms with E-state index in [-0.39, 0.29) is 0 Å². The highest BCUT2D eigenvalue weighted by Gasteiger charge is 2.17.